The zero-order chi connectivity index (χ0) is 33.0. The van der Waals surface area contributed by atoms with Gasteiger partial charge in [-0.25, -0.2) is 15.0 Å². The topological polar surface area (TPSA) is 46.8 Å². The van der Waals surface area contributed by atoms with Crippen molar-refractivity contribution in [3.63, 3.8) is 0 Å². The molecule has 8 aromatic rings. The molecule has 2 aromatic heterocycles. The molecule has 1 aliphatic heterocycles. The summed E-state index contributed by atoms with van der Waals surface area (Å²) in [7, 11) is 0. The van der Waals surface area contributed by atoms with E-state index in [9.17, 15) is 0 Å². The SMILES string of the molecule is C1=CC2c3ccc4c5ccccc5n(-c5cccc(-c6nc(-c7ccccc7)nc(-c7ccccc7)n6)c5)c4c3N(c3ccccc3)C2C=C1. The van der Waals surface area contributed by atoms with Gasteiger partial charge >= 0.3 is 0 Å². The van der Waals surface area contributed by atoms with E-state index in [2.05, 4.69) is 125 Å². The monoisotopic (exact) mass is 641 g/mol. The summed E-state index contributed by atoms with van der Waals surface area (Å²) in [5.74, 6) is 2.20. The van der Waals surface area contributed by atoms with Crippen LogP contribution < -0.4 is 4.90 Å². The van der Waals surface area contributed by atoms with Crippen molar-refractivity contribution in [1.82, 2.24) is 19.5 Å². The van der Waals surface area contributed by atoms with Crippen molar-refractivity contribution in [2.75, 3.05) is 4.90 Å². The molecule has 0 radical (unpaired) electrons. The Bertz CT molecular complexity index is 2550. The molecule has 10 rings (SSSR count). The first-order valence-electron chi connectivity index (χ1n) is 17.0. The zero-order valence-electron chi connectivity index (χ0n) is 27.1. The van der Waals surface area contributed by atoms with E-state index in [1.54, 1.807) is 0 Å². The van der Waals surface area contributed by atoms with E-state index in [0.717, 1.165) is 27.9 Å². The van der Waals surface area contributed by atoms with Crippen molar-refractivity contribution in [1.29, 1.82) is 0 Å². The normalized spacial score (nSPS) is 16.2. The van der Waals surface area contributed by atoms with Crippen molar-refractivity contribution >= 4 is 33.2 Å². The molecule has 50 heavy (non-hydrogen) atoms. The molecular weight excluding hydrogens is 611 g/mol. The predicted octanol–water partition coefficient (Wildman–Crippen LogP) is 10.7. The molecule has 5 heteroatoms. The largest absolute Gasteiger partial charge is 0.332 e. The lowest BCUT2D eigenvalue weighted by Gasteiger charge is -2.29. The standard InChI is InChI=1S/C45H31N5/c1-4-15-30(16-5-1)43-46-44(31-17-6-2-7-18-31)48-45(47-43)32-19-14-22-34(29-32)50-40-26-13-11-24-36(40)38-28-27-37-35-23-10-12-25-39(35)49(41(37)42(38)50)33-20-8-3-9-21-33/h1-29,35,39H. The molecule has 0 N–H and O–H groups in total. The van der Waals surface area contributed by atoms with Gasteiger partial charge < -0.3 is 9.47 Å². The van der Waals surface area contributed by atoms with Gasteiger partial charge in [-0.3, -0.25) is 0 Å². The summed E-state index contributed by atoms with van der Waals surface area (Å²) in [5.41, 5.74) is 10.0. The van der Waals surface area contributed by atoms with Crippen molar-refractivity contribution < 1.29 is 0 Å². The number of nitrogens with zero attached hydrogens (tertiary/aromatic N) is 5. The van der Waals surface area contributed by atoms with E-state index >= 15 is 0 Å². The predicted molar refractivity (Wildman–Crippen MR) is 204 cm³/mol. The maximum Gasteiger partial charge on any atom is 0.164 e. The van der Waals surface area contributed by atoms with Gasteiger partial charge in [-0.15, -0.1) is 0 Å². The van der Waals surface area contributed by atoms with Crippen LogP contribution in [0.4, 0.5) is 11.4 Å². The fourth-order valence-corrected chi connectivity index (χ4v) is 7.74. The maximum atomic E-state index is 5.05. The molecule has 0 spiro atoms. The molecule has 0 amide bonds. The van der Waals surface area contributed by atoms with Gasteiger partial charge in [0.05, 0.1) is 22.8 Å². The van der Waals surface area contributed by atoms with Crippen LogP contribution in [0.3, 0.4) is 0 Å². The fourth-order valence-electron chi connectivity index (χ4n) is 7.74. The fraction of sp³-hybridized carbons (Fsp3) is 0.0444. The quantitative estimate of drug-likeness (QED) is 0.188. The van der Waals surface area contributed by atoms with E-state index < -0.39 is 0 Å². The highest BCUT2D eigenvalue weighted by molar-refractivity contribution is 6.15. The van der Waals surface area contributed by atoms with Crippen LogP contribution in [0.5, 0.6) is 0 Å². The second kappa shape index (κ2) is 11.5. The number of fused-ring (bicyclic) bond motifs is 7. The maximum absolute atomic E-state index is 5.05. The van der Waals surface area contributed by atoms with Crippen LogP contribution in [0.2, 0.25) is 0 Å². The Labute approximate surface area is 290 Å². The van der Waals surface area contributed by atoms with Gasteiger partial charge in [0, 0.05) is 44.8 Å². The van der Waals surface area contributed by atoms with Crippen molar-refractivity contribution in [2.24, 2.45) is 0 Å². The van der Waals surface area contributed by atoms with E-state index in [4.69, 9.17) is 15.0 Å². The minimum absolute atomic E-state index is 0.193. The number of hydrogen-bond donors (Lipinski definition) is 0. The van der Waals surface area contributed by atoms with E-state index in [0.29, 0.717) is 17.5 Å². The van der Waals surface area contributed by atoms with Gasteiger partial charge in [0.25, 0.3) is 0 Å². The molecular formula is C45H31N5. The van der Waals surface area contributed by atoms with Gasteiger partial charge in [0.2, 0.25) is 0 Å². The van der Waals surface area contributed by atoms with Gasteiger partial charge in [-0.2, -0.15) is 0 Å². The summed E-state index contributed by atoms with van der Waals surface area (Å²) in [6, 6.07) is 53.3. The first-order valence-corrected chi connectivity index (χ1v) is 17.0. The third-order valence-corrected chi connectivity index (χ3v) is 9.94. The zero-order valence-corrected chi connectivity index (χ0v) is 27.1. The number of hydrogen-bond acceptors (Lipinski definition) is 4. The van der Waals surface area contributed by atoms with Gasteiger partial charge in [-0.1, -0.05) is 146 Å². The molecule has 0 saturated heterocycles. The van der Waals surface area contributed by atoms with Gasteiger partial charge in [0.1, 0.15) is 0 Å². The van der Waals surface area contributed by atoms with Crippen molar-refractivity contribution in [3.8, 4) is 39.9 Å². The number of anilines is 2. The molecule has 1 aliphatic carbocycles. The van der Waals surface area contributed by atoms with Crippen LogP contribution in [0.25, 0.3) is 61.7 Å². The molecule has 0 saturated carbocycles. The van der Waals surface area contributed by atoms with Crippen LogP contribution in [-0.2, 0) is 0 Å². The third kappa shape index (κ3) is 4.51. The Balaban J connectivity index is 1.22. The Morgan fingerprint density at radius 3 is 1.76 bits per heavy atom. The minimum Gasteiger partial charge on any atom is -0.332 e. The number of benzene rings is 6. The Morgan fingerprint density at radius 1 is 0.460 bits per heavy atom. The molecule has 0 bridgehead atoms. The lowest BCUT2D eigenvalue weighted by atomic mass is 9.91. The van der Waals surface area contributed by atoms with E-state index in [1.165, 1.54) is 33.2 Å². The second-order valence-electron chi connectivity index (χ2n) is 12.8. The minimum atomic E-state index is 0.193. The van der Waals surface area contributed by atoms with E-state index in [-0.39, 0.29) is 12.0 Å². The first kappa shape index (κ1) is 28.4. The summed E-state index contributed by atoms with van der Waals surface area (Å²) in [6.07, 6.45) is 9.06. The molecule has 2 atom stereocenters. The molecule has 2 unspecified atom stereocenters. The molecule has 6 aromatic carbocycles. The summed E-state index contributed by atoms with van der Waals surface area (Å²) >= 11 is 0. The van der Waals surface area contributed by atoms with E-state index in [1.807, 2.05) is 60.7 Å². The lowest BCUT2D eigenvalue weighted by molar-refractivity contribution is 0.745. The molecule has 236 valence electrons. The summed E-state index contributed by atoms with van der Waals surface area (Å²) in [4.78, 5) is 17.6. The van der Waals surface area contributed by atoms with Crippen LogP contribution in [-0.4, -0.2) is 25.6 Å². The Hall–Kier alpha value is -6.59. The Morgan fingerprint density at radius 2 is 1.04 bits per heavy atom. The molecule has 5 nitrogen and oxygen atoms in total. The summed E-state index contributed by atoms with van der Waals surface area (Å²) in [6.45, 7) is 0. The highest BCUT2D eigenvalue weighted by Gasteiger charge is 2.39. The van der Waals surface area contributed by atoms with Crippen molar-refractivity contribution in [3.05, 3.63) is 182 Å². The van der Waals surface area contributed by atoms with Crippen LogP contribution in [0.1, 0.15) is 11.5 Å². The Kier molecular flexibility index (Phi) is 6.56. The highest BCUT2D eigenvalue weighted by atomic mass is 15.2. The summed E-state index contributed by atoms with van der Waals surface area (Å²) < 4.78 is 2.44. The average molecular weight is 642 g/mol. The highest BCUT2D eigenvalue weighted by Crippen LogP contribution is 2.52. The van der Waals surface area contributed by atoms with Crippen LogP contribution >= 0.6 is 0 Å². The number of aromatic nitrogens is 4. The summed E-state index contributed by atoms with van der Waals surface area (Å²) in [5, 5.41) is 2.46. The molecule has 0 fully saturated rings. The van der Waals surface area contributed by atoms with Crippen molar-refractivity contribution in [2.45, 2.75) is 12.0 Å². The number of rotatable bonds is 5. The second-order valence-corrected chi connectivity index (χ2v) is 12.8. The van der Waals surface area contributed by atoms with Crippen LogP contribution in [0.15, 0.2) is 176 Å². The van der Waals surface area contributed by atoms with Crippen LogP contribution in [0, 0.1) is 0 Å². The lowest BCUT2D eigenvalue weighted by Crippen LogP contribution is -2.28. The third-order valence-electron chi connectivity index (χ3n) is 9.94. The number of para-hydroxylation sites is 2. The molecule has 2 aliphatic rings. The van der Waals surface area contributed by atoms with Gasteiger partial charge in [-0.05, 0) is 35.9 Å². The number of allylic oxidation sites excluding steroid dienone is 2. The first-order chi connectivity index (χ1) is 24.8. The molecule has 3 heterocycles. The smallest absolute Gasteiger partial charge is 0.164 e. The van der Waals surface area contributed by atoms with Gasteiger partial charge in [0.15, 0.2) is 17.5 Å². The average Bonchev–Trinajstić information content (AvgIpc) is 3.72.